The molecule has 2 aromatic rings. The number of nitrogens with zero attached hydrogens (tertiary/aromatic N) is 1. The van der Waals surface area contributed by atoms with Gasteiger partial charge in [0.1, 0.15) is 12.4 Å². The smallest absolute Gasteiger partial charge is 0.488 e. The van der Waals surface area contributed by atoms with Gasteiger partial charge in [0.25, 0.3) is 0 Å². The van der Waals surface area contributed by atoms with Crippen molar-refractivity contribution < 1.29 is 39.1 Å². The molecule has 2 aromatic carbocycles. The molecule has 1 heterocycles. The van der Waals surface area contributed by atoms with Crippen molar-refractivity contribution in [3.63, 3.8) is 0 Å². The Hall–Kier alpha value is -3.64. The van der Waals surface area contributed by atoms with Gasteiger partial charge in [-0.1, -0.05) is 35.9 Å². The van der Waals surface area contributed by atoms with Gasteiger partial charge in [0.15, 0.2) is 11.6 Å². The van der Waals surface area contributed by atoms with Crippen LogP contribution in [-0.4, -0.2) is 58.9 Å². The summed E-state index contributed by atoms with van der Waals surface area (Å²) in [5, 5.41) is 28.3. The number of halogens is 1. The average Bonchev–Trinajstić information content (AvgIpc) is 3.23. The first-order valence-electron chi connectivity index (χ1n) is 13.3. The fourth-order valence-corrected chi connectivity index (χ4v) is 7.03. The van der Waals surface area contributed by atoms with Gasteiger partial charge in [0.2, 0.25) is 11.8 Å². The molecule has 0 unspecified atom stereocenters. The van der Waals surface area contributed by atoms with Gasteiger partial charge in [0, 0.05) is 23.1 Å². The molecular weight excluding hydrogens is 593 g/mol. The van der Waals surface area contributed by atoms with Crippen LogP contribution in [0.2, 0.25) is 0 Å². The Morgan fingerprint density at radius 2 is 1.76 bits per heavy atom. The van der Waals surface area contributed by atoms with Crippen molar-refractivity contribution in [1.29, 1.82) is 0 Å². The van der Waals surface area contributed by atoms with Gasteiger partial charge >= 0.3 is 7.12 Å². The van der Waals surface area contributed by atoms with Gasteiger partial charge in [0.05, 0.1) is 28.6 Å². The molecule has 208 valence electrons. The topological polar surface area (TPSA) is 141 Å². The Morgan fingerprint density at radius 1 is 1.00 bits per heavy atom. The number of imide groups is 1. The summed E-state index contributed by atoms with van der Waals surface area (Å²) >= 11 is 3.23. The molecule has 1 fully saturated rings. The number of carbonyl (C=O) groups excluding carboxylic acids is 4. The molecule has 41 heavy (non-hydrogen) atoms. The number of anilines is 1. The van der Waals surface area contributed by atoms with Crippen molar-refractivity contribution in [1.82, 2.24) is 0 Å². The average molecular weight is 618 g/mol. The van der Waals surface area contributed by atoms with Crippen molar-refractivity contribution >= 4 is 57.6 Å². The second-order valence-electron chi connectivity index (χ2n) is 10.5. The van der Waals surface area contributed by atoms with E-state index < -0.39 is 36.7 Å². The molecule has 4 atom stereocenters. The van der Waals surface area contributed by atoms with Gasteiger partial charge < -0.3 is 19.9 Å². The molecule has 0 spiro atoms. The fourth-order valence-electron chi connectivity index (χ4n) is 6.59. The Kier molecular flexibility index (Phi) is 7.15. The second-order valence-corrected chi connectivity index (χ2v) is 11.4. The van der Waals surface area contributed by atoms with Crippen molar-refractivity contribution in [2.75, 3.05) is 18.1 Å². The normalized spacial score (nSPS) is 25.4. The minimum Gasteiger partial charge on any atom is -0.491 e. The zero-order chi connectivity index (χ0) is 29.0. The highest BCUT2D eigenvalue weighted by molar-refractivity contribution is 9.12. The number of aliphatic hydroxyl groups excluding tert-OH is 1. The van der Waals surface area contributed by atoms with E-state index in [-0.39, 0.29) is 52.7 Å². The van der Waals surface area contributed by atoms with Crippen LogP contribution in [0, 0.1) is 17.8 Å². The lowest BCUT2D eigenvalue weighted by molar-refractivity contribution is -0.123. The summed E-state index contributed by atoms with van der Waals surface area (Å²) in [7, 11) is -1.76. The number of ether oxygens (including phenoxy) is 1. The molecule has 6 rings (SSSR count). The van der Waals surface area contributed by atoms with Crippen LogP contribution in [0.25, 0.3) is 0 Å². The molecule has 3 N–H and O–H groups in total. The highest BCUT2D eigenvalue weighted by Crippen LogP contribution is 2.55. The van der Waals surface area contributed by atoms with E-state index in [4.69, 9.17) is 9.84 Å². The molecule has 0 saturated carbocycles. The zero-order valence-electron chi connectivity index (χ0n) is 21.7. The van der Waals surface area contributed by atoms with Gasteiger partial charge in [-0.3, -0.25) is 24.1 Å². The molecule has 0 aromatic heterocycles. The van der Waals surface area contributed by atoms with Gasteiger partial charge in [-0.15, -0.1) is 0 Å². The number of ketones is 2. The van der Waals surface area contributed by atoms with Gasteiger partial charge in [-0.25, -0.2) is 0 Å². The molecule has 9 nitrogen and oxygen atoms in total. The van der Waals surface area contributed by atoms with E-state index in [0.29, 0.717) is 23.3 Å². The predicted molar refractivity (Wildman–Crippen MR) is 152 cm³/mol. The highest BCUT2D eigenvalue weighted by Gasteiger charge is 2.56. The SMILES string of the molecule is O=C1C=C(Br)C(=O)C2=C1[C@@H](c1ccc(OCCO)cc1)C1=CC[C@@H]3C(=O)N(c4cccc(B(O)O)c4)C(=O)[C@@H]3[C@@H]1C2. The van der Waals surface area contributed by atoms with E-state index in [9.17, 15) is 29.2 Å². The summed E-state index contributed by atoms with van der Waals surface area (Å²) in [5.74, 6) is -3.33. The lowest BCUT2D eigenvalue weighted by Gasteiger charge is -2.42. The summed E-state index contributed by atoms with van der Waals surface area (Å²) in [5.41, 5.74) is 2.68. The third-order valence-electron chi connectivity index (χ3n) is 8.33. The van der Waals surface area contributed by atoms with E-state index in [1.54, 1.807) is 24.3 Å². The maximum atomic E-state index is 14.0. The molecule has 1 saturated heterocycles. The molecule has 4 aliphatic rings. The lowest BCUT2D eigenvalue weighted by Crippen LogP contribution is -2.39. The number of benzene rings is 2. The van der Waals surface area contributed by atoms with E-state index in [2.05, 4.69) is 15.9 Å². The number of amides is 2. The number of hydrogen-bond donors (Lipinski definition) is 3. The van der Waals surface area contributed by atoms with Crippen LogP contribution in [-0.2, 0) is 19.2 Å². The quantitative estimate of drug-likeness (QED) is 0.193. The fraction of sp³-hybridized carbons (Fsp3) is 0.267. The van der Waals surface area contributed by atoms with Gasteiger partial charge in [-0.2, -0.15) is 0 Å². The maximum absolute atomic E-state index is 14.0. The number of Topliss-reactive ketones (excluding diaryl/α,β-unsaturated/α-hetero) is 1. The standard InChI is InChI=1S/C30H25BBrNO8/c32-23-14-24(35)27-22(28(23)36)13-21-19(25(27)15-4-6-18(7-5-15)41-11-10-34)8-9-20-26(21)30(38)33(29(20)37)17-3-1-2-16(12-17)31(39)40/h1-8,12,14,20-21,25-26,34,39-40H,9-11,13H2/t20-,21+,25-,26-/m0/s1. The second kappa shape index (κ2) is 10.6. The monoisotopic (exact) mass is 617 g/mol. The number of carbonyl (C=O) groups is 4. The summed E-state index contributed by atoms with van der Waals surface area (Å²) in [4.78, 5) is 55.4. The Balaban J connectivity index is 1.42. The van der Waals surface area contributed by atoms with Crippen LogP contribution in [0.3, 0.4) is 0 Å². The summed E-state index contributed by atoms with van der Waals surface area (Å²) < 4.78 is 5.65. The van der Waals surface area contributed by atoms with E-state index in [1.807, 2.05) is 18.2 Å². The number of hydrogen-bond acceptors (Lipinski definition) is 8. The van der Waals surface area contributed by atoms with Crippen molar-refractivity contribution in [2.24, 2.45) is 17.8 Å². The van der Waals surface area contributed by atoms with Crippen LogP contribution < -0.4 is 15.1 Å². The Labute approximate surface area is 244 Å². The van der Waals surface area contributed by atoms with Crippen LogP contribution in [0.4, 0.5) is 5.69 Å². The first-order valence-corrected chi connectivity index (χ1v) is 14.1. The van der Waals surface area contributed by atoms with Crippen LogP contribution >= 0.6 is 15.9 Å². The minimum atomic E-state index is -1.76. The van der Waals surface area contributed by atoms with Crippen LogP contribution in [0.1, 0.15) is 24.3 Å². The number of aliphatic hydroxyl groups is 1. The van der Waals surface area contributed by atoms with Crippen molar-refractivity contribution in [3.8, 4) is 5.75 Å². The lowest BCUT2D eigenvalue weighted by atomic mass is 9.59. The van der Waals surface area contributed by atoms with Crippen LogP contribution in [0.15, 0.2) is 81.9 Å². The third kappa shape index (κ3) is 4.53. The molecule has 0 bridgehead atoms. The van der Waals surface area contributed by atoms with E-state index in [1.165, 1.54) is 18.2 Å². The van der Waals surface area contributed by atoms with Gasteiger partial charge in [-0.05, 0) is 70.0 Å². The Morgan fingerprint density at radius 3 is 2.46 bits per heavy atom. The molecule has 1 aliphatic heterocycles. The molecule has 0 radical (unpaired) electrons. The molecule has 2 amide bonds. The summed E-state index contributed by atoms with van der Waals surface area (Å²) in [6.07, 6.45) is 3.66. The zero-order valence-corrected chi connectivity index (χ0v) is 23.3. The summed E-state index contributed by atoms with van der Waals surface area (Å²) in [6.45, 7) is -0.00277. The van der Waals surface area contributed by atoms with Crippen LogP contribution in [0.5, 0.6) is 5.75 Å². The minimum absolute atomic E-state index is 0.132. The largest absolute Gasteiger partial charge is 0.491 e. The highest BCUT2D eigenvalue weighted by atomic mass is 79.9. The number of fused-ring (bicyclic) bond motifs is 3. The molecule has 11 heteroatoms. The van der Waals surface area contributed by atoms with E-state index >= 15 is 0 Å². The predicted octanol–water partition coefficient (Wildman–Crippen LogP) is 1.70. The first-order chi connectivity index (χ1) is 19.7. The van der Waals surface area contributed by atoms with E-state index in [0.717, 1.165) is 16.0 Å². The number of rotatable bonds is 6. The van der Waals surface area contributed by atoms with Crippen molar-refractivity contribution in [2.45, 2.75) is 18.8 Å². The Bertz CT molecular complexity index is 1580. The third-order valence-corrected chi connectivity index (χ3v) is 8.92. The molecule has 3 aliphatic carbocycles. The van der Waals surface area contributed by atoms with Crippen molar-refractivity contribution in [3.05, 3.63) is 87.4 Å². The summed E-state index contributed by atoms with van der Waals surface area (Å²) in [6, 6.07) is 13.1. The number of allylic oxidation sites excluding steroid dienone is 6. The maximum Gasteiger partial charge on any atom is 0.488 e. The molecular formula is C30H25BBrNO8. The first kappa shape index (κ1) is 27.5.